The maximum absolute atomic E-state index is 13.3. The summed E-state index contributed by atoms with van der Waals surface area (Å²) in [7, 11) is 1.82. The van der Waals surface area contributed by atoms with E-state index in [0.717, 1.165) is 16.7 Å². The molecule has 0 unspecified atom stereocenters. The van der Waals surface area contributed by atoms with Crippen LogP contribution in [0.3, 0.4) is 0 Å². The third kappa shape index (κ3) is 6.16. The summed E-state index contributed by atoms with van der Waals surface area (Å²) in [4.78, 5) is 39.7. The summed E-state index contributed by atoms with van der Waals surface area (Å²) in [6.45, 7) is 6.54. The number of aliphatic hydroxyl groups excluding tert-OH is 1. The zero-order valence-electron chi connectivity index (χ0n) is 23.8. The molecule has 2 N–H and O–H groups in total. The van der Waals surface area contributed by atoms with Gasteiger partial charge in [0.25, 0.3) is 5.91 Å². The topological polar surface area (TPSA) is 111 Å². The van der Waals surface area contributed by atoms with Crippen LogP contribution in [0.1, 0.15) is 48.7 Å². The Morgan fingerprint density at radius 1 is 1.14 bits per heavy atom. The maximum Gasteiger partial charge on any atom is 0.410 e. The molecule has 2 aliphatic rings. The van der Waals surface area contributed by atoms with Gasteiger partial charge in [-0.25, -0.2) is 9.78 Å². The van der Waals surface area contributed by atoms with Gasteiger partial charge in [0.05, 0.1) is 29.0 Å². The van der Waals surface area contributed by atoms with E-state index in [1.807, 2.05) is 57.0 Å². The van der Waals surface area contributed by atoms with Crippen LogP contribution in [0.15, 0.2) is 48.7 Å². The fraction of sp³-hybridized carbons (Fsp3) is 0.333. The van der Waals surface area contributed by atoms with Gasteiger partial charge in [-0.05, 0) is 68.2 Å². The Morgan fingerprint density at radius 3 is 2.52 bits per heavy atom. The van der Waals surface area contributed by atoms with Crippen molar-refractivity contribution in [3.63, 3.8) is 0 Å². The van der Waals surface area contributed by atoms with Crippen LogP contribution in [0.4, 0.5) is 27.9 Å². The van der Waals surface area contributed by atoms with Crippen molar-refractivity contribution in [1.82, 2.24) is 14.9 Å². The third-order valence-electron chi connectivity index (χ3n) is 6.91. The standard InChI is InChI=1S/C30H32Cl2N6O4/c1-30(2,3)42-29(41)37-12-10-18(11-13-37)21-9-8-20(14-19(21)16-39)34-28-33-15-22-26(35-28)36(4)17-38(27(22)40)25-23(31)6-5-7-24(25)32/h5-10,14-15,39H,11-13,16-17H2,1-4H3,(H,33,34,35). The zero-order valence-corrected chi connectivity index (χ0v) is 25.3. The fourth-order valence-corrected chi connectivity index (χ4v) is 5.53. The molecule has 42 heavy (non-hydrogen) atoms. The predicted octanol–water partition coefficient (Wildman–Crippen LogP) is 6.10. The number of benzene rings is 2. The normalized spacial score (nSPS) is 15.4. The van der Waals surface area contributed by atoms with Crippen molar-refractivity contribution < 1.29 is 19.4 Å². The number of nitrogens with one attached hydrogen (secondary N) is 1. The number of hydrogen-bond donors (Lipinski definition) is 2. The van der Waals surface area contributed by atoms with Crippen molar-refractivity contribution in [3.8, 4) is 0 Å². The second-order valence-electron chi connectivity index (χ2n) is 11.1. The van der Waals surface area contributed by atoms with Crippen LogP contribution in [0.25, 0.3) is 5.57 Å². The molecule has 5 rings (SSSR count). The Morgan fingerprint density at radius 2 is 1.88 bits per heavy atom. The smallest absolute Gasteiger partial charge is 0.410 e. The lowest BCUT2D eigenvalue weighted by molar-refractivity contribution is 0.0270. The number of aliphatic hydroxyl groups is 1. The van der Waals surface area contributed by atoms with Gasteiger partial charge in [-0.2, -0.15) is 4.98 Å². The van der Waals surface area contributed by atoms with Gasteiger partial charge in [0.2, 0.25) is 5.95 Å². The lowest BCUT2D eigenvalue weighted by atomic mass is 9.95. The molecule has 0 saturated carbocycles. The Bertz CT molecular complexity index is 1550. The quantitative estimate of drug-likeness (QED) is 0.356. The molecular weight excluding hydrogens is 579 g/mol. The van der Waals surface area contributed by atoms with Crippen LogP contribution in [0.5, 0.6) is 0 Å². The minimum absolute atomic E-state index is 0.166. The number of halogens is 2. The molecule has 10 nitrogen and oxygen atoms in total. The highest BCUT2D eigenvalue weighted by atomic mass is 35.5. The molecule has 0 aliphatic carbocycles. The first-order valence-electron chi connectivity index (χ1n) is 13.5. The number of carbonyl (C=O) groups is 2. The van der Waals surface area contributed by atoms with Gasteiger partial charge in [-0.15, -0.1) is 0 Å². The molecule has 2 aromatic carbocycles. The predicted molar refractivity (Wildman–Crippen MR) is 165 cm³/mol. The van der Waals surface area contributed by atoms with Crippen molar-refractivity contribution >= 4 is 63.9 Å². The summed E-state index contributed by atoms with van der Waals surface area (Å²) in [6, 6.07) is 10.8. The maximum atomic E-state index is 13.3. The van der Waals surface area contributed by atoms with Gasteiger partial charge < -0.3 is 25.0 Å². The average molecular weight is 612 g/mol. The van der Waals surface area contributed by atoms with Crippen molar-refractivity contribution in [2.75, 3.05) is 41.9 Å². The van der Waals surface area contributed by atoms with Crippen LogP contribution < -0.4 is 15.1 Å². The van der Waals surface area contributed by atoms with Crippen LogP contribution in [-0.2, 0) is 11.3 Å². The van der Waals surface area contributed by atoms with E-state index >= 15 is 0 Å². The van der Waals surface area contributed by atoms with Gasteiger partial charge in [0.15, 0.2) is 0 Å². The molecule has 0 saturated heterocycles. The summed E-state index contributed by atoms with van der Waals surface area (Å²) in [5.74, 6) is 0.472. The monoisotopic (exact) mass is 610 g/mol. The van der Waals surface area contributed by atoms with Crippen molar-refractivity contribution in [3.05, 3.63) is 75.4 Å². The number of rotatable bonds is 5. The van der Waals surface area contributed by atoms with Crippen LogP contribution in [-0.4, -0.2) is 64.4 Å². The van der Waals surface area contributed by atoms with E-state index in [1.165, 1.54) is 11.1 Å². The number of fused-ring (bicyclic) bond motifs is 1. The van der Waals surface area contributed by atoms with Gasteiger partial charge in [-0.3, -0.25) is 9.69 Å². The third-order valence-corrected chi connectivity index (χ3v) is 7.52. The lowest BCUT2D eigenvalue weighted by Crippen LogP contribution is -2.46. The molecule has 0 bridgehead atoms. The first-order valence-corrected chi connectivity index (χ1v) is 14.2. The van der Waals surface area contributed by atoms with Crippen molar-refractivity contribution in [2.24, 2.45) is 0 Å². The first kappa shape index (κ1) is 29.6. The van der Waals surface area contributed by atoms with Gasteiger partial charge in [-0.1, -0.05) is 41.4 Å². The highest BCUT2D eigenvalue weighted by molar-refractivity contribution is 6.40. The number of carbonyl (C=O) groups excluding carboxylic acids is 2. The molecule has 0 fully saturated rings. The summed E-state index contributed by atoms with van der Waals surface area (Å²) < 4.78 is 5.48. The lowest BCUT2D eigenvalue weighted by Gasteiger charge is -2.35. The SMILES string of the molecule is CN1CN(c2c(Cl)cccc2Cl)C(=O)c2cnc(Nc3ccc(C4=CCN(C(=O)OC(C)(C)C)CC4)c(CO)c3)nc21. The minimum atomic E-state index is -0.550. The molecule has 1 aromatic heterocycles. The van der Waals surface area contributed by atoms with E-state index in [9.17, 15) is 14.7 Å². The van der Waals surface area contributed by atoms with E-state index in [4.69, 9.17) is 27.9 Å². The van der Waals surface area contributed by atoms with E-state index in [1.54, 1.807) is 23.1 Å². The Kier molecular flexibility index (Phi) is 8.32. The number of para-hydroxylation sites is 1. The van der Waals surface area contributed by atoms with Crippen molar-refractivity contribution in [1.29, 1.82) is 0 Å². The molecule has 0 spiro atoms. The first-order chi connectivity index (χ1) is 19.9. The minimum Gasteiger partial charge on any atom is -0.444 e. The fourth-order valence-electron chi connectivity index (χ4n) is 4.93. The summed E-state index contributed by atoms with van der Waals surface area (Å²) in [5, 5.41) is 14.1. The highest BCUT2D eigenvalue weighted by Crippen LogP contribution is 2.38. The van der Waals surface area contributed by atoms with E-state index in [0.29, 0.717) is 58.3 Å². The second kappa shape index (κ2) is 11.8. The molecule has 2 amide bonds. The molecule has 2 aliphatic heterocycles. The second-order valence-corrected chi connectivity index (χ2v) is 11.9. The van der Waals surface area contributed by atoms with Gasteiger partial charge in [0, 0.05) is 32.0 Å². The van der Waals surface area contributed by atoms with Crippen LogP contribution in [0.2, 0.25) is 10.0 Å². The van der Waals surface area contributed by atoms with E-state index in [-0.39, 0.29) is 25.3 Å². The molecule has 0 radical (unpaired) electrons. The van der Waals surface area contributed by atoms with Gasteiger partial charge in [0.1, 0.15) is 17.0 Å². The molecular formula is C30H32Cl2N6O4. The van der Waals surface area contributed by atoms with Crippen LogP contribution in [0, 0.1) is 0 Å². The number of anilines is 4. The van der Waals surface area contributed by atoms with Crippen LogP contribution >= 0.6 is 23.2 Å². The summed E-state index contributed by atoms with van der Waals surface area (Å²) in [6.07, 6.45) is 3.78. The highest BCUT2D eigenvalue weighted by Gasteiger charge is 2.33. The van der Waals surface area contributed by atoms with E-state index < -0.39 is 5.60 Å². The van der Waals surface area contributed by atoms with Gasteiger partial charge >= 0.3 is 6.09 Å². The average Bonchev–Trinajstić information content (AvgIpc) is 2.94. The van der Waals surface area contributed by atoms with E-state index in [2.05, 4.69) is 15.3 Å². The number of nitrogens with zero attached hydrogens (tertiary/aromatic N) is 5. The summed E-state index contributed by atoms with van der Waals surface area (Å²) in [5.41, 5.74) is 3.60. The number of amides is 2. The zero-order chi connectivity index (χ0) is 30.2. The molecule has 3 heterocycles. The Labute approximate surface area is 254 Å². The largest absolute Gasteiger partial charge is 0.444 e. The Hall–Kier alpha value is -3.86. The molecule has 0 atom stereocenters. The number of ether oxygens (including phenoxy) is 1. The number of hydrogen-bond acceptors (Lipinski definition) is 8. The molecule has 220 valence electrons. The molecule has 12 heteroatoms. The van der Waals surface area contributed by atoms with Crippen molar-refractivity contribution in [2.45, 2.75) is 39.4 Å². The summed E-state index contributed by atoms with van der Waals surface area (Å²) >= 11 is 12.7. The molecule has 3 aromatic rings. The Balaban J connectivity index is 1.32. The number of aromatic nitrogens is 2.